The molecule has 1 atom stereocenters. The van der Waals surface area contributed by atoms with Gasteiger partial charge in [-0.3, -0.25) is 14.9 Å². The Balaban J connectivity index is 2.18. The van der Waals surface area contributed by atoms with Gasteiger partial charge < -0.3 is 5.32 Å². The Hall–Kier alpha value is -2.28. The van der Waals surface area contributed by atoms with E-state index in [1.165, 1.54) is 23.5 Å². The van der Waals surface area contributed by atoms with E-state index in [-0.39, 0.29) is 23.6 Å². The zero-order chi connectivity index (χ0) is 18.4. The van der Waals surface area contributed by atoms with E-state index >= 15 is 0 Å². The van der Waals surface area contributed by atoms with Crippen LogP contribution in [0.5, 0.6) is 0 Å². The molecule has 7 heteroatoms. The standard InChI is InChI=1S/C18H22N3O3S/c1-4-14-11-25-18(19-14)16(20-17(22)9-12(2)3)10-13-5-7-15(8-6-13)21(23)24/h5-9,11-12,16H,4,10H2,1-3H3,(H,20,22). The Bertz CT molecular complexity index is 725. The number of nitro groups is 1. The van der Waals surface area contributed by atoms with Gasteiger partial charge in [0.05, 0.1) is 23.1 Å². The van der Waals surface area contributed by atoms with Crippen molar-refractivity contribution in [1.29, 1.82) is 0 Å². The second-order valence-electron chi connectivity index (χ2n) is 6.13. The zero-order valence-electron chi connectivity index (χ0n) is 14.6. The summed E-state index contributed by atoms with van der Waals surface area (Å²) in [7, 11) is 0. The number of aryl methyl sites for hydroxylation is 1. The summed E-state index contributed by atoms with van der Waals surface area (Å²) in [6.07, 6.45) is 3.01. The van der Waals surface area contributed by atoms with Crippen LogP contribution in [0.15, 0.2) is 29.6 Å². The fourth-order valence-corrected chi connectivity index (χ4v) is 3.31. The lowest BCUT2D eigenvalue weighted by Crippen LogP contribution is -2.31. The van der Waals surface area contributed by atoms with Crippen molar-refractivity contribution in [3.05, 3.63) is 62.4 Å². The monoisotopic (exact) mass is 360 g/mol. The largest absolute Gasteiger partial charge is 0.346 e. The minimum atomic E-state index is -0.422. The summed E-state index contributed by atoms with van der Waals surface area (Å²) < 4.78 is 0. The first-order valence-electron chi connectivity index (χ1n) is 8.22. The van der Waals surface area contributed by atoms with E-state index < -0.39 is 4.92 Å². The van der Waals surface area contributed by atoms with Crippen molar-refractivity contribution in [2.75, 3.05) is 0 Å². The molecule has 2 aromatic rings. The van der Waals surface area contributed by atoms with Gasteiger partial charge in [-0.1, -0.05) is 32.9 Å². The van der Waals surface area contributed by atoms with Crippen LogP contribution >= 0.6 is 11.3 Å². The number of carbonyl (C=O) groups is 1. The van der Waals surface area contributed by atoms with Crippen molar-refractivity contribution < 1.29 is 9.72 Å². The summed E-state index contributed by atoms with van der Waals surface area (Å²) in [6, 6.07) is 6.14. The number of amides is 1. The van der Waals surface area contributed by atoms with Gasteiger partial charge in [0.2, 0.25) is 5.91 Å². The van der Waals surface area contributed by atoms with Crippen molar-refractivity contribution in [3.63, 3.8) is 0 Å². The number of hydrogen-bond acceptors (Lipinski definition) is 5. The van der Waals surface area contributed by atoms with E-state index in [2.05, 4.69) is 10.3 Å². The van der Waals surface area contributed by atoms with Gasteiger partial charge in [0.1, 0.15) is 5.01 Å². The van der Waals surface area contributed by atoms with Crippen LogP contribution in [0.3, 0.4) is 0 Å². The van der Waals surface area contributed by atoms with Crippen molar-refractivity contribution in [2.24, 2.45) is 5.92 Å². The number of nitro benzene ring substituents is 1. The molecule has 6 nitrogen and oxygen atoms in total. The smallest absolute Gasteiger partial charge is 0.269 e. The van der Waals surface area contributed by atoms with E-state index in [0.29, 0.717) is 6.42 Å². The van der Waals surface area contributed by atoms with Crippen molar-refractivity contribution in [3.8, 4) is 0 Å². The van der Waals surface area contributed by atoms with Gasteiger partial charge in [-0.15, -0.1) is 11.3 Å². The van der Waals surface area contributed by atoms with Crippen LogP contribution < -0.4 is 5.32 Å². The Labute approximate surface area is 151 Å². The molecule has 133 valence electrons. The molecular weight excluding hydrogens is 338 g/mol. The van der Waals surface area contributed by atoms with Gasteiger partial charge in [-0.25, -0.2) is 4.98 Å². The fourth-order valence-electron chi connectivity index (χ4n) is 2.36. The topological polar surface area (TPSA) is 85.1 Å². The van der Waals surface area contributed by atoms with Crippen molar-refractivity contribution >= 4 is 22.9 Å². The van der Waals surface area contributed by atoms with Crippen LogP contribution in [0, 0.1) is 22.5 Å². The maximum absolute atomic E-state index is 12.2. The number of rotatable bonds is 8. The Morgan fingerprint density at radius 2 is 2.04 bits per heavy atom. The minimum Gasteiger partial charge on any atom is -0.346 e. The lowest BCUT2D eigenvalue weighted by molar-refractivity contribution is -0.384. The molecule has 0 aliphatic carbocycles. The highest BCUT2D eigenvalue weighted by molar-refractivity contribution is 7.09. The summed E-state index contributed by atoms with van der Waals surface area (Å²) in [5.74, 6) is 0.0256. The second kappa shape index (κ2) is 8.71. The molecule has 1 unspecified atom stereocenters. The van der Waals surface area contributed by atoms with Crippen LogP contribution in [-0.4, -0.2) is 15.8 Å². The van der Waals surface area contributed by atoms with Gasteiger partial charge in [-0.05, 0) is 24.3 Å². The predicted molar refractivity (Wildman–Crippen MR) is 98.3 cm³/mol. The predicted octanol–water partition coefficient (Wildman–Crippen LogP) is 3.87. The Morgan fingerprint density at radius 3 is 2.56 bits per heavy atom. The normalized spacial score (nSPS) is 12.2. The number of aromatic nitrogens is 1. The number of benzene rings is 1. The van der Waals surface area contributed by atoms with Gasteiger partial charge in [0, 0.05) is 17.5 Å². The quantitative estimate of drug-likeness (QED) is 0.572. The van der Waals surface area contributed by atoms with Crippen LogP contribution in [-0.2, 0) is 17.6 Å². The van der Waals surface area contributed by atoms with Crippen LogP contribution in [0.1, 0.15) is 43.1 Å². The molecule has 0 aliphatic rings. The molecule has 2 rings (SSSR count). The number of thiazole rings is 1. The average Bonchev–Trinajstić information content (AvgIpc) is 3.03. The molecule has 0 fully saturated rings. The molecule has 1 heterocycles. The molecule has 0 aliphatic heterocycles. The number of nitrogens with zero attached hydrogens (tertiary/aromatic N) is 2. The van der Waals surface area contributed by atoms with Gasteiger partial charge >= 0.3 is 0 Å². The lowest BCUT2D eigenvalue weighted by Gasteiger charge is -2.17. The summed E-state index contributed by atoms with van der Waals surface area (Å²) in [5, 5.41) is 16.6. The average molecular weight is 360 g/mol. The highest BCUT2D eigenvalue weighted by Crippen LogP contribution is 2.24. The number of carbonyl (C=O) groups excluding carboxylic acids is 1. The summed E-state index contributed by atoms with van der Waals surface area (Å²) in [6.45, 7) is 5.93. The SMILES string of the molecule is CCc1csc(C(Cc2ccc([N+](=O)[O-])cc2)NC(=O)[CH]C(C)C)n1. The van der Waals surface area contributed by atoms with Gasteiger partial charge in [-0.2, -0.15) is 0 Å². The first-order valence-corrected chi connectivity index (χ1v) is 9.10. The Kier molecular flexibility index (Phi) is 6.64. The third-order valence-corrected chi connectivity index (χ3v) is 4.63. The molecule has 1 aromatic carbocycles. The Morgan fingerprint density at radius 1 is 1.36 bits per heavy atom. The summed E-state index contributed by atoms with van der Waals surface area (Å²) >= 11 is 1.52. The highest BCUT2D eigenvalue weighted by atomic mass is 32.1. The number of hydrogen-bond donors (Lipinski definition) is 1. The maximum atomic E-state index is 12.2. The van der Waals surface area contributed by atoms with Gasteiger partial charge in [0.15, 0.2) is 0 Å². The number of non-ortho nitro benzene ring substituents is 1. The van der Waals surface area contributed by atoms with Crippen molar-refractivity contribution in [2.45, 2.75) is 39.7 Å². The van der Waals surface area contributed by atoms with E-state index in [4.69, 9.17) is 0 Å². The third kappa shape index (κ3) is 5.63. The maximum Gasteiger partial charge on any atom is 0.269 e. The first kappa shape index (κ1) is 19.1. The summed E-state index contributed by atoms with van der Waals surface area (Å²) in [4.78, 5) is 27.1. The number of nitrogens with one attached hydrogen (secondary N) is 1. The molecule has 0 spiro atoms. The molecule has 1 N–H and O–H groups in total. The van der Waals surface area contributed by atoms with E-state index in [0.717, 1.165) is 22.7 Å². The second-order valence-corrected chi connectivity index (χ2v) is 7.02. The van der Waals surface area contributed by atoms with Crippen LogP contribution in [0.2, 0.25) is 0 Å². The molecule has 0 bridgehead atoms. The van der Waals surface area contributed by atoms with Crippen LogP contribution in [0.25, 0.3) is 0 Å². The molecule has 1 amide bonds. The fraction of sp³-hybridized carbons (Fsp3) is 0.389. The van der Waals surface area contributed by atoms with Gasteiger partial charge in [0.25, 0.3) is 5.69 Å². The molecule has 1 aromatic heterocycles. The summed E-state index contributed by atoms with van der Waals surface area (Å²) in [5.41, 5.74) is 1.96. The molecule has 0 saturated carbocycles. The third-order valence-electron chi connectivity index (χ3n) is 3.62. The highest BCUT2D eigenvalue weighted by Gasteiger charge is 2.20. The van der Waals surface area contributed by atoms with Crippen molar-refractivity contribution in [1.82, 2.24) is 10.3 Å². The zero-order valence-corrected chi connectivity index (χ0v) is 15.4. The van der Waals surface area contributed by atoms with Crippen LogP contribution in [0.4, 0.5) is 5.69 Å². The van der Waals surface area contributed by atoms with E-state index in [9.17, 15) is 14.9 Å². The minimum absolute atomic E-state index is 0.0556. The first-order chi connectivity index (χ1) is 11.9. The molecule has 0 saturated heterocycles. The van der Waals surface area contributed by atoms with E-state index in [1.54, 1.807) is 18.6 Å². The van der Waals surface area contributed by atoms with E-state index in [1.807, 2.05) is 26.2 Å². The molecule has 25 heavy (non-hydrogen) atoms. The molecule has 1 radical (unpaired) electrons. The lowest BCUT2D eigenvalue weighted by atomic mass is 10.0. The molecular formula is C18H22N3O3S.